The van der Waals surface area contributed by atoms with Crippen molar-refractivity contribution in [1.82, 2.24) is 10.2 Å². The van der Waals surface area contributed by atoms with Gasteiger partial charge in [-0.25, -0.2) is 0 Å². The van der Waals surface area contributed by atoms with Crippen molar-refractivity contribution in [1.29, 1.82) is 0 Å². The molecule has 0 saturated carbocycles. The molecule has 9 heteroatoms. The fourth-order valence-corrected chi connectivity index (χ4v) is 3.48. The summed E-state index contributed by atoms with van der Waals surface area (Å²) in [4.78, 5) is 25.8. The van der Waals surface area contributed by atoms with Gasteiger partial charge in [0.05, 0.1) is 17.1 Å². The van der Waals surface area contributed by atoms with Crippen LogP contribution >= 0.6 is 11.6 Å². The third kappa shape index (κ3) is 6.98. The zero-order chi connectivity index (χ0) is 20.7. The van der Waals surface area contributed by atoms with E-state index in [-0.39, 0.29) is 30.0 Å². The quantitative estimate of drug-likeness (QED) is 0.704. The first-order valence-electron chi connectivity index (χ1n) is 9.34. The van der Waals surface area contributed by atoms with Gasteiger partial charge in [-0.15, -0.1) is 0 Å². The Morgan fingerprint density at radius 1 is 1.29 bits per heavy atom. The van der Waals surface area contributed by atoms with Gasteiger partial charge < -0.3 is 10.6 Å². The topological polar surface area (TPSA) is 61.4 Å². The lowest BCUT2D eigenvalue weighted by Crippen LogP contribution is -2.43. The average Bonchev–Trinajstić information content (AvgIpc) is 2.61. The van der Waals surface area contributed by atoms with E-state index in [1.54, 1.807) is 0 Å². The average molecular weight is 420 g/mol. The van der Waals surface area contributed by atoms with E-state index < -0.39 is 16.8 Å². The van der Waals surface area contributed by atoms with Crippen molar-refractivity contribution in [2.45, 2.75) is 38.8 Å². The summed E-state index contributed by atoms with van der Waals surface area (Å²) in [7, 11) is 0. The second-order valence-electron chi connectivity index (χ2n) is 7.04. The van der Waals surface area contributed by atoms with Crippen LogP contribution in [0.25, 0.3) is 0 Å². The van der Waals surface area contributed by atoms with Gasteiger partial charge in [0.15, 0.2) is 0 Å². The number of halogens is 4. The summed E-state index contributed by atoms with van der Waals surface area (Å²) in [6.45, 7) is 4.00. The Hall–Kier alpha value is -1.80. The summed E-state index contributed by atoms with van der Waals surface area (Å²) in [5.41, 5.74) is -0.921. The molecular formula is C19H25ClF3N3O2. The van der Waals surface area contributed by atoms with Crippen LogP contribution in [0.2, 0.25) is 5.02 Å². The number of hydrogen-bond donors (Lipinski definition) is 2. The van der Waals surface area contributed by atoms with E-state index in [2.05, 4.69) is 10.6 Å². The van der Waals surface area contributed by atoms with E-state index in [1.807, 2.05) is 11.8 Å². The molecule has 0 bridgehead atoms. The Balaban J connectivity index is 1.86. The summed E-state index contributed by atoms with van der Waals surface area (Å²) < 4.78 is 38.8. The van der Waals surface area contributed by atoms with Gasteiger partial charge in [0.1, 0.15) is 0 Å². The minimum Gasteiger partial charge on any atom is -0.356 e. The molecule has 0 aromatic heterocycles. The molecule has 1 aliphatic heterocycles. The molecule has 2 rings (SSSR count). The molecule has 0 spiro atoms. The molecule has 2 N–H and O–H groups in total. The third-order valence-electron chi connectivity index (χ3n) is 4.59. The van der Waals surface area contributed by atoms with E-state index in [9.17, 15) is 22.8 Å². The van der Waals surface area contributed by atoms with Crippen LogP contribution in [0, 0.1) is 5.92 Å². The van der Waals surface area contributed by atoms with Gasteiger partial charge in [0.2, 0.25) is 11.8 Å². The summed E-state index contributed by atoms with van der Waals surface area (Å²) in [6, 6.07) is 3.30. The van der Waals surface area contributed by atoms with E-state index in [1.165, 1.54) is 6.07 Å². The van der Waals surface area contributed by atoms with E-state index in [0.717, 1.165) is 37.9 Å². The molecule has 1 aromatic carbocycles. The predicted molar refractivity (Wildman–Crippen MR) is 102 cm³/mol. The van der Waals surface area contributed by atoms with Gasteiger partial charge in [-0.1, -0.05) is 18.5 Å². The molecule has 1 atom stereocenters. The number of likely N-dealkylation sites (tertiary alicyclic amines) is 1. The fraction of sp³-hybridized carbons (Fsp3) is 0.579. The minimum absolute atomic E-state index is 0.0283. The predicted octanol–water partition coefficient (Wildman–Crippen LogP) is 3.93. The van der Waals surface area contributed by atoms with Crippen molar-refractivity contribution in [3.05, 3.63) is 28.8 Å². The van der Waals surface area contributed by atoms with Crippen molar-refractivity contribution in [3.63, 3.8) is 0 Å². The second kappa shape index (κ2) is 10.1. The first-order valence-corrected chi connectivity index (χ1v) is 9.72. The first-order chi connectivity index (χ1) is 13.2. The lowest BCUT2D eigenvalue weighted by molar-refractivity contribution is -0.137. The van der Waals surface area contributed by atoms with Crippen molar-refractivity contribution in [3.8, 4) is 0 Å². The van der Waals surface area contributed by atoms with Crippen LogP contribution < -0.4 is 10.6 Å². The zero-order valence-corrected chi connectivity index (χ0v) is 16.5. The van der Waals surface area contributed by atoms with Crippen LogP contribution in [0.1, 0.15) is 38.2 Å². The monoisotopic (exact) mass is 419 g/mol. The molecule has 2 amide bonds. The Morgan fingerprint density at radius 2 is 2.04 bits per heavy atom. The molecule has 1 unspecified atom stereocenters. The van der Waals surface area contributed by atoms with Crippen LogP contribution in [0.4, 0.5) is 18.9 Å². The highest BCUT2D eigenvalue weighted by molar-refractivity contribution is 6.31. The highest BCUT2D eigenvalue weighted by atomic mass is 35.5. The van der Waals surface area contributed by atoms with Gasteiger partial charge in [0, 0.05) is 25.2 Å². The van der Waals surface area contributed by atoms with Crippen LogP contribution in [-0.2, 0) is 15.8 Å². The molecular weight excluding hydrogens is 395 g/mol. The lowest BCUT2D eigenvalue weighted by atomic mass is 9.98. The van der Waals surface area contributed by atoms with Gasteiger partial charge in [0.25, 0.3) is 0 Å². The van der Waals surface area contributed by atoms with Gasteiger partial charge >= 0.3 is 6.18 Å². The molecule has 28 heavy (non-hydrogen) atoms. The van der Waals surface area contributed by atoms with Crippen LogP contribution in [0.15, 0.2) is 18.2 Å². The van der Waals surface area contributed by atoms with Crippen molar-refractivity contribution < 1.29 is 22.8 Å². The molecule has 1 heterocycles. The van der Waals surface area contributed by atoms with Crippen LogP contribution in [0.5, 0.6) is 0 Å². The maximum atomic E-state index is 12.9. The normalized spacial score (nSPS) is 18.0. The number of nitrogens with zero attached hydrogens (tertiary/aromatic N) is 1. The van der Waals surface area contributed by atoms with Gasteiger partial charge in [-0.2, -0.15) is 13.2 Å². The first kappa shape index (κ1) is 22.5. The standard InChI is InChI=1S/C19H25ClF3N3O2/c1-2-4-17(27)24-10-13-5-3-8-26(11-13)12-18(28)25-14-6-7-16(20)15(9-14)19(21,22)23/h6-7,9,13H,2-5,8,10-12H2,1H3,(H,24,27)(H,25,28). The van der Waals surface area contributed by atoms with Gasteiger partial charge in [-0.3, -0.25) is 14.5 Å². The Labute approximate surface area is 167 Å². The smallest absolute Gasteiger partial charge is 0.356 e. The SMILES string of the molecule is CCCC(=O)NCC1CCCN(CC(=O)Nc2ccc(Cl)c(C(F)(F)F)c2)C1. The van der Waals surface area contributed by atoms with E-state index >= 15 is 0 Å². The zero-order valence-electron chi connectivity index (χ0n) is 15.7. The van der Waals surface area contributed by atoms with Crippen LogP contribution in [-0.4, -0.2) is 42.9 Å². The number of alkyl halides is 3. The number of rotatable bonds is 7. The molecule has 0 aliphatic carbocycles. The lowest BCUT2D eigenvalue weighted by Gasteiger charge is -2.32. The molecule has 1 aliphatic rings. The van der Waals surface area contributed by atoms with Crippen LogP contribution in [0.3, 0.4) is 0 Å². The van der Waals surface area contributed by atoms with Crippen molar-refractivity contribution in [2.75, 3.05) is 31.5 Å². The number of hydrogen-bond acceptors (Lipinski definition) is 3. The summed E-state index contributed by atoms with van der Waals surface area (Å²) >= 11 is 5.59. The third-order valence-corrected chi connectivity index (χ3v) is 4.92. The molecule has 5 nitrogen and oxygen atoms in total. The Bertz CT molecular complexity index is 697. The number of piperidine rings is 1. The summed E-state index contributed by atoms with van der Waals surface area (Å²) in [5, 5.41) is 5.00. The maximum absolute atomic E-state index is 12.9. The highest BCUT2D eigenvalue weighted by Crippen LogP contribution is 2.36. The highest BCUT2D eigenvalue weighted by Gasteiger charge is 2.33. The Kier molecular flexibility index (Phi) is 8.12. The summed E-state index contributed by atoms with van der Waals surface area (Å²) in [5.74, 6) is -0.0959. The van der Waals surface area contributed by atoms with Crippen molar-refractivity contribution >= 4 is 29.1 Å². The number of anilines is 1. The van der Waals surface area contributed by atoms with E-state index in [4.69, 9.17) is 11.6 Å². The Morgan fingerprint density at radius 3 is 2.71 bits per heavy atom. The molecule has 0 radical (unpaired) electrons. The summed E-state index contributed by atoms with van der Waals surface area (Å²) in [6.07, 6.45) is -1.42. The number of amides is 2. The van der Waals surface area contributed by atoms with Gasteiger partial charge in [-0.05, 0) is 49.9 Å². The van der Waals surface area contributed by atoms with E-state index in [0.29, 0.717) is 19.5 Å². The number of carbonyl (C=O) groups excluding carboxylic acids is 2. The minimum atomic E-state index is -4.58. The number of carbonyl (C=O) groups is 2. The molecule has 156 valence electrons. The fourth-order valence-electron chi connectivity index (χ4n) is 3.26. The molecule has 1 fully saturated rings. The number of benzene rings is 1. The molecule has 1 aromatic rings. The second-order valence-corrected chi connectivity index (χ2v) is 7.45. The largest absolute Gasteiger partial charge is 0.417 e. The van der Waals surface area contributed by atoms with Crippen molar-refractivity contribution in [2.24, 2.45) is 5.92 Å². The molecule has 1 saturated heterocycles. The maximum Gasteiger partial charge on any atom is 0.417 e. The number of nitrogens with one attached hydrogen (secondary N) is 2.